The number of hydrogen-bond donors (Lipinski definition) is 3. The molecule has 1 rings (SSSR count). The predicted molar refractivity (Wildman–Crippen MR) is 66.4 cm³/mol. The highest BCUT2D eigenvalue weighted by atomic mass is 19.4. The van der Waals surface area contributed by atoms with Crippen LogP contribution in [0.3, 0.4) is 0 Å². The Labute approximate surface area is 118 Å². The first-order valence-electron chi connectivity index (χ1n) is 5.83. The van der Waals surface area contributed by atoms with E-state index in [2.05, 4.69) is 10.3 Å². The maximum absolute atomic E-state index is 12.7. The number of alkyl halides is 3. The second-order valence-electron chi connectivity index (χ2n) is 4.54. The van der Waals surface area contributed by atoms with Gasteiger partial charge in [0.2, 0.25) is 5.54 Å². The first-order chi connectivity index (χ1) is 9.58. The third-order valence-corrected chi connectivity index (χ3v) is 2.95. The van der Waals surface area contributed by atoms with Crippen LogP contribution in [0.15, 0.2) is 18.5 Å². The van der Waals surface area contributed by atoms with Crippen molar-refractivity contribution in [1.29, 1.82) is 0 Å². The highest BCUT2D eigenvalue weighted by molar-refractivity contribution is 5.86. The van der Waals surface area contributed by atoms with E-state index < -0.39 is 23.7 Å². The van der Waals surface area contributed by atoms with E-state index in [4.69, 9.17) is 5.11 Å². The molecule has 0 bridgehead atoms. The first kappa shape index (κ1) is 16.7. The monoisotopic (exact) mass is 305 g/mol. The maximum Gasteiger partial charge on any atom is 0.422 e. The van der Waals surface area contributed by atoms with Crippen molar-refractivity contribution in [3.05, 3.63) is 29.6 Å². The number of aliphatic carboxylic acids is 1. The Morgan fingerprint density at radius 3 is 2.48 bits per heavy atom. The van der Waals surface area contributed by atoms with E-state index in [0.29, 0.717) is 12.5 Å². The summed E-state index contributed by atoms with van der Waals surface area (Å²) in [5.41, 5.74) is -1.96. The van der Waals surface area contributed by atoms with E-state index in [0.717, 1.165) is 5.56 Å². The summed E-state index contributed by atoms with van der Waals surface area (Å²) in [6.07, 6.45) is -2.14. The number of halogens is 3. The van der Waals surface area contributed by atoms with Crippen molar-refractivity contribution >= 4 is 12.0 Å². The lowest BCUT2D eigenvalue weighted by Gasteiger charge is -2.28. The SMILES string of the molecule is Cc1ccncc1CNC(=O)NC(C)(C(=O)O)C(F)(F)F. The summed E-state index contributed by atoms with van der Waals surface area (Å²) >= 11 is 0. The molecule has 0 fully saturated rings. The summed E-state index contributed by atoms with van der Waals surface area (Å²) in [6.45, 7) is 2.05. The molecule has 21 heavy (non-hydrogen) atoms. The van der Waals surface area contributed by atoms with Gasteiger partial charge < -0.3 is 15.7 Å². The Hall–Kier alpha value is -2.32. The lowest BCUT2D eigenvalue weighted by atomic mass is 10.0. The zero-order valence-corrected chi connectivity index (χ0v) is 11.3. The second kappa shape index (κ2) is 5.98. The third-order valence-electron chi connectivity index (χ3n) is 2.95. The average molecular weight is 305 g/mol. The molecule has 116 valence electrons. The third kappa shape index (κ3) is 3.83. The number of nitrogens with one attached hydrogen (secondary N) is 2. The number of rotatable bonds is 4. The van der Waals surface area contributed by atoms with Crippen LogP contribution < -0.4 is 10.6 Å². The minimum absolute atomic E-state index is 0.0704. The van der Waals surface area contributed by atoms with Crippen LogP contribution in [0.4, 0.5) is 18.0 Å². The summed E-state index contributed by atoms with van der Waals surface area (Å²) in [5, 5.41) is 12.3. The molecular weight excluding hydrogens is 291 g/mol. The standard InChI is InChI=1S/C12H14F3N3O3/c1-7-3-4-16-5-8(7)6-17-10(21)18-11(2,9(19)20)12(13,14)15/h3-5H,6H2,1-2H3,(H,19,20)(H2,17,18,21). The number of amides is 2. The molecule has 1 aromatic heterocycles. The molecule has 0 aliphatic heterocycles. The van der Waals surface area contributed by atoms with Crippen molar-refractivity contribution < 1.29 is 27.9 Å². The minimum Gasteiger partial charge on any atom is -0.479 e. The number of aromatic nitrogens is 1. The van der Waals surface area contributed by atoms with Gasteiger partial charge in [-0.3, -0.25) is 4.98 Å². The number of aryl methyl sites for hydroxylation is 1. The molecule has 3 N–H and O–H groups in total. The molecule has 6 nitrogen and oxygen atoms in total. The molecule has 0 aliphatic rings. The van der Waals surface area contributed by atoms with E-state index >= 15 is 0 Å². The van der Waals surface area contributed by atoms with E-state index in [-0.39, 0.29) is 6.54 Å². The molecule has 0 radical (unpaired) electrons. The molecule has 9 heteroatoms. The van der Waals surface area contributed by atoms with E-state index in [1.807, 2.05) is 0 Å². The van der Waals surface area contributed by atoms with Gasteiger partial charge in [0.25, 0.3) is 0 Å². The molecule has 0 aromatic carbocycles. The van der Waals surface area contributed by atoms with Crippen molar-refractivity contribution in [1.82, 2.24) is 15.6 Å². The van der Waals surface area contributed by atoms with Crippen LogP contribution in [0.2, 0.25) is 0 Å². The van der Waals surface area contributed by atoms with Crippen molar-refractivity contribution in [2.24, 2.45) is 0 Å². The van der Waals surface area contributed by atoms with Crippen LogP contribution in [0, 0.1) is 6.92 Å². The zero-order valence-electron chi connectivity index (χ0n) is 11.3. The van der Waals surface area contributed by atoms with Gasteiger partial charge in [-0.2, -0.15) is 13.2 Å². The Morgan fingerprint density at radius 2 is 2.00 bits per heavy atom. The van der Waals surface area contributed by atoms with Crippen LogP contribution in [0.5, 0.6) is 0 Å². The fraction of sp³-hybridized carbons (Fsp3) is 0.417. The lowest BCUT2D eigenvalue weighted by Crippen LogP contribution is -2.63. The first-order valence-corrected chi connectivity index (χ1v) is 5.83. The molecule has 0 saturated heterocycles. The van der Waals surface area contributed by atoms with Crippen molar-refractivity contribution in [3.8, 4) is 0 Å². The Kier molecular flexibility index (Phi) is 4.77. The molecule has 1 atom stereocenters. The Bertz CT molecular complexity index is 548. The van der Waals surface area contributed by atoms with Gasteiger partial charge in [0, 0.05) is 18.9 Å². The molecule has 1 unspecified atom stereocenters. The molecule has 1 aromatic rings. The van der Waals surface area contributed by atoms with Gasteiger partial charge in [0.1, 0.15) is 0 Å². The van der Waals surface area contributed by atoms with Crippen molar-refractivity contribution in [2.45, 2.75) is 32.1 Å². The van der Waals surface area contributed by atoms with Gasteiger partial charge in [0.15, 0.2) is 0 Å². The molecular formula is C12H14F3N3O3. The summed E-state index contributed by atoms with van der Waals surface area (Å²) in [7, 11) is 0. The van der Waals surface area contributed by atoms with Gasteiger partial charge in [-0.1, -0.05) is 0 Å². The number of hydrogen-bond acceptors (Lipinski definition) is 3. The largest absolute Gasteiger partial charge is 0.479 e. The predicted octanol–water partition coefficient (Wildman–Crippen LogP) is 1.59. The highest BCUT2D eigenvalue weighted by Crippen LogP contribution is 2.30. The number of pyridine rings is 1. The van der Waals surface area contributed by atoms with Crippen LogP contribution in [-0.2, 0) is 11.3 Å². The normalized spacial score (nSPS) is 14.1. The summed E-state index contributed by atoms with van der Waals surface area (Å²) < 4.78 is 38.1. The second-order valence-corrected chi connectivity index (χ2v) is 4.54. The van der Waals surface area contributed by atoms with Gasteiger partial charge in [-0.05, 0) is 31.0 Å². The molecule has 2 amide bonds. The summed E-state index contributed by atoms with van der Waals surface area (Å²) in [5.74, 6) is -2.19. The van der Waals surface area contributed by atoms with Gasteiger partial charge in [-0.15, -0.1) is 0 Å². The van der Waals surface area contributed by atoms with Crippen LogP contribution in [-0.4, -0.2) is 33.8 Å². The van der Waals surface area contributed by atoms with E-state index in [1.165, 1.54) is 17.7 Å². The fourth-order valence-electron chi connectivity index (χ4n) is 1.37. The topological polar surface area (TPSA) is 91.3 Å². The number of carbonyl (C=O) groups excluding carboxylic acids is 1. The van der Waals surface area contributed by atoms with E-state index in [9.17, 15) is 22.8 Å². The molecule has 0 aliphatic carbocycles. The summed E-state index contributed by atoms with van der Waals surface area (Å²) in [6, 6.07) is 0.437. The number of nitrogens with zero attached hydrogens (tertiary/aromatic N) is 1. The minimum atomic E-state index is -5.12. The zero-order chi connectivity index (χ0) is 16.3. The molecule has 0 saturated carbocycles. The van der Waals surface area contributed by atoms with E-state index in [1.54, 1.807) is 13.0 Å². The number of carboxylic acid groups (broad SMARTS) is 1. The van der Waals surface area contributed by atoms with Crippen LogP contribution >= 0.6 is 0 Å². The van der Waals surface area contributed by atoms with Crippen molar-refractivity contribution in [3.63, 3.8) is 0 Å². The number of carboxylic acids is 1. The van der Waals surface area contributed by atoms with Crippen LogP contribution in [0.25, 0.3) is 0 Å². The maximum atomic E-state index is 12.7. The fourth-order valence-corrected chi connectivity index (χ4v) is 1.37. The van der Waals surface area contributed by atoms with Gasteiger partial charge in [-0.25, -0.2) is 9.59 Å². The number of urea groups is 1. The lowest BCUT2D eigenvalue weighted by molar-refractivity contribution is -0.203. The number of carbonyl (C=O) groups is 2. The summed E-state index contributed by atoms with van der Waals surface area (Å²) in [4.78, 5) is 26.1. The van der Waals surface area contributed by atoms with Gasteiger partial charge in [0.05, 0.1) is 0 Å². The Morgan fingerprint density at radius 1 is 1.38 bits per heavy atom. The molecule has 1 heterocycles. The van der Waals surface area contributed by atoms with Crippen molar-refractivity contribution in [2.75, 3.05) is 0 Å². The van der Waals surface area contributed by atoms with Crippen LogP contribution in [0.1, 0.15) is 18.1 Å². The highest BCUT2D eigenvalue weighted by Gasteiger charge is 2.58. The smallest absolute Gasteiger partial charge is 0.422 e. The quantitative estimate of drug-likeness (QED) is 0.788. The Balaban J connectivity index is 2.73. The molecule has 0 spiro atoms. The average Bonchev–Trinajstić information content (AvgIpc) is 2.36. The van der Waals surface area contributed by atoms with Gasteiger partial charge >= 0.3 is 18.2 Å².